The zero-order chi connectivity index (χ0) is 15.5. The average Bonchev–Trinajstić information content (AvgIpc) is 2.47. The molecule has 1 unspecified atom stereocenters. The number of hydrogen-bond acceptors (Lipinski definition) is 5. The van der Waals surface area contributed by atoms with E-state index >= 15 is 0 Å². The molecule has 0 fully saturated rings. The van der Waals surface area contributed by atoms with Gasteiger partial charge in [0.1, 0.15) is 5.82 Å². The Bertz CT molecular complexity index is 573. The normalized spacial score (nSPS) is 13.0. The molecule has 5 nitrogen and oxygen atoms in total. The van der Waals surface area contributed by atoms with Crippen LogP contribution in [0.4, 0.5) is 0 Å². The van der Waals surface area contributed by atoms with Gasteiger partial charge in [0.15, 0.2) is 0 Å². The summed E-state index contributed by atoms with van der Waals surface area (Å²) in [6.45, 7) is 8.58. The molecular weight excluding hydrogens is 264 g/mol. The van der Waals surface area contributed by atoms with Crippen molar-refractivity contribution >= 4 is 0 Å². The van der Waals surface area contributed by atoms with Gasteiger partial charge >= 0.3 is 6.01 Å². The second-order valence-electron chi connectivity index (χ2n) is 6.25. The third-order valence-electron chi connectivity index (χ3n) is 3.46. The van der Waals surface area contributed by atoms with Crippen LogP contribution in [0.15, 0.2) is 24.8 Å². The summed E-state index contributed by atoms with van der Waals surface area (Å²) in [6, 6.07) is 0.386. The van der Waals surface area contributed by atoms with Crippen LogP contribution < -0.4 is 4.74 Å². The first-order valence-electron chi connectivity index (χ1n) is 7.07. The molecule has 112 valence electrons. The fraction of sp³-hybridized carbons (Fsp3) is 0.500. The standard InChI is InChI=1S/C16H22N4O/c1-11(12-7-19-15(21-5)20-8-12)6-14-17-9-13(10-18-14)16(2,3)4/h7-11H,6H2,1-5H3. The number of hydrogen-bond donors (Lipinski definition) is 0. The van der Waals surface area contributed by atoms with E-state index in [0.29, 0.717) is 6.01 Å². The van der Waals surface area contributed by atoms with Crippen molar-refractivity contribution in [1.29, 1.82) is 0 Å². The fourth-order valence-electron chi connectivity index (χ4n) is 1.93. The molecule has 0 aliphatic carbocycles. The van der Waals surface area contributed by atoms with Gasteiger partial charge in [-0.2, -0.15) is 0 Å². The smallest absolute Gasteiger partial charge is 0.316 e. The molecule has 5 heteroatoms. The lowest BCUT2D eigenvalue weighted by atomic mass is 9.89. The van der Waals surface area contributed by atoms with E-state index in [1.54, 1.807) is 19.5 Å². The molecule has 0 radical (unpaired) electrons. The predicted octanol–water partition coefficient (Wildman–Crippen LogP) is 2.92. The first kappa shape index (κ1) is 15.4. The van der Waals surface area contributed by atoms with Crippen LogP contribution in [0, 0.1) is 0 Å². The van der Waals surface area contributed by atoms with Crippen LogP contribution in [0.3, 0.4) is 0 Å². The van der Waals surface area contributed by atoms with Crippen LogP contribution in [0.5, 0.6) is 6.01 Å². The molecule has 0 amide bonds. The quantitative estimate of drug-likeness (QED) is 0.864. The summed E-state index contributed by atoms with van der Waals surface area (Å²) in [5, 5.41) is 0. The minimum absolute atomic E-state index is 0.0774. The second kappa shape index (κ2) is 6.16. The largest absolute Gasteiger partial charge is 0.467 e. The maximum Gasteiger partial charge on any atom is 0.316 e. The van der Waals surface area contributed by atoms with E-state index in [1.807, 2.05) is 12.4 Å². The van der Waals surface area contributed by atoms with Crippen molar-refractivity contribution < 1.29 is 4.74 Å². The highest BCUT2D eigenvalue weighted by atomic mass is 16.5. The molecule has 0 saturated carbocycles. The lowest BCUT2D eigenvalue weighted by molar-refractivity contribution is 0.379. The third-order valence-corrected chi connectivity index (χ3v) is 3.46. The molecule has 21 heavy (non-hydrogen) atoms. The summed E-state index contributed by atoms with van der Waals surface area (Å²) in [7, 11) is 1.56. The fourth-order valence-corrected chi connectivity index (χ4v) is 1.93. The topological polar surface area (TPSA) is 60.8 Å². The van der Waals surface area contributed by atoms with Crippen molar-refractivity contribution in [1.82, 2.24) is 19.9 Å². The Balaban J connectivity index is 2.06. The van der Waals surface area contributed by atoms with E-state index < -0.39 is 0 Å². The highest BCUT2D eigenvalue weighted by Crippen LogP contribution is 2.22. The van der Waals surface area contributed by atoms with Crippen molar-refractivity contribution in [2.24, 2.45) is 0 Å². The molecule has 2 heterocycles. The maximum absolute atomic E-state index is 4.97. The zero-order valence-electron chi connectivity index (χ0n) is 13.3. The van der Waals surface area contributed by atoms with E-state index in [2.05, 4.69) is 47.6 Å². The first-order valence-corrected chi connectivity index (χ1v) is 7.07. The van der Waals surface area contributed by atoms with Gasteiger partial charge in [-0.3, -0.25) is 0 Å². The van der Waals surface area contributed by atoms with Crippen molar-refractivity contribution in [3.05, 3.63) is 41.7 Å². The minimum Gasteiger partial charge on any atom is -0.467 e. The van der Waals surface area contributed by atoms with Gasteiger partial charge in [0, 0.05) is 31.2 Å². The Hall–Kier alpha value is -2.04. The van der Waals surface area contributed by atoms with E-state index in [-0.39, 0.29) is 11.3 Å². The minimum atomic E-state index is 0.0774. The van der Waals surface area contributed by atoms with Crippen LogP contribution in [0.2, 0.25) is 0 Å². The Morgan fingerprint density at radius 1 is 1.00 bits per heavy atom. The van der Waals surface area contributed by atoms with Crippen LogP contribution in [0.1, 0.15) is 50.6 Å². The molecular formula is C16H22N4O. The predicted molar refractivity (Wildman–Crippen MR) is 81.4 cm³/mol. The molecule has 0 aliphatic rings. The highest BCUT2D eigenvalue weighted by molar-refractivity contribution is 5.17. The number of nitrogens with zero attached hydrogens (tertiary/aromatic N) is 4. The van der Waals surface area contributed by atoms with E-state index in [1.165, 1.54) is 0 Å². The van der Waals surface area contributed by atoms with Crippen molar-refractivity contribution in [2.45, 2.75) is 45.4 Å². The van der Waals surface area contributed by atoms with Crippen LogP contribution in [-0.2, 0) is 11.8 Å². The zero-order valence-corrected chi connectivity index (χ0v) is 13.3. The molecule has 2 rings (SSSR count). The average molecular weight is 286 g/mol. The molecule has 2 aromatic heterocycles. The Labute approximate surface area is 125 Å². The van der Waals surface area contributed by atoms with Crippen LogP contribution in [0.25, 0.3) is 0 Å². The molecule has 0 bridgehead atoms. The number of aromatic nitrogens is 4. The SMILES string of the molecule is COc1ncc(C(C)Cc2ncc(C(C)(C)C)cn2)cn1. The lowest BCUT2D eigenvalue weighted by Gasteiger charge is -2.18. The lowest BCUT2D eigenvalue weighted by Crippen LogP contribution is -2.13. The van der Waals surface area contributed by atoms with Crippen LogP contribution in [-0.4, -0.2) is 27.0 Å². The maximum atomic E-state index is 4.97. The number of rotatable bonds is 4. The first-order chi connectivity index (χ1) is 9.90. The molecule has 0 aliphatic heterocycles. The molecule has 0 saturated heterocycles. The van der Waals surface area contributed by atoms with Gasteiger partial charge in [-0.25, -0.2) is 19.9 Å². The Kier molecular flexibility index (Phi) is 4.50. The summed E-state index contributed by atoms with van der Waals surface area (Å²) in [5.74, 6) is 1.10. The van der Waals surface area contributed by atoms with E-state index in [0.717, 1.165) is 23.4 Å². The molecule has 0 spiro atoms. The van der Waals surface area contributed by atoms with Gasteiger partial charge in [-0.1, -0.05) is 27.7 Å². The Morgan fingerprint density at radius 2 is 1.57 bits per heavy atom. The van der Waals surface area contributed by atoms with Crippen molar-refractivity contribution in [3.8, 4) is 6.01 Å². The molecule has 1 atom stereocenters. The Morgan fingerprint density at radius 3 is 2.05 bits per heavy atom. The molecule has 0 aromatic carbocycles. The van der Waals surface area contributed by atoms with Crippen molar-refractivity contribution in [3.63, 3.8) is 0 Å². The van der Waals surface area contributed by atoms with Gasteiger partial charge in [0.05, 0.1) is 7.11 Å². The highest BCUT2D eigenvalue weighted by Gasteiger charge is 2.15. The van der Waals surface area contributed by atoms with Gasteiger partial charge in [0.25, 0.3) is 0 Å². The summed E-state index contributed by atoms with van der Waals surface area (Å²) < 4.78 is 4.97. The number of ether oxygens (including phenoxy) is 1. The summed E-state index contributed by atoms with van der Waals surface area (Å²) in [6.07, 6.45) is 8.18. The van der Waals surface area contributed by atoms with Gasteiger partial charge in [-0.05, 0) is 22.5 Å². The van der Waals surface area contributed by atoms with Gasteiger partial charge in [-0.15, -0.1) is 0 Å². The van der Waals surface area contributed by atoms with E-state index in [9.17, 15) is 0 Å². The number of methoxy groups -OCH3 is 1. The summed E-state index contributed by atoms with van der Waals surface area (Å²) in [5.41, 5.74) is 2.28. The van der Waals surface area contributed by atoms with Crippen molar-refractivity contribution in [2.75, 3.05) is 7.11 Å². The molecule has 0 N–H and O–H groups in total. The van der Waals surface area contributed by atoms with Crippen LogP contribution >= 0.6 is 0 Å². The van der Waals surface area contributed by atoms with Gasteiger partial charge in [0.2, 0.25) is 0 Å². The van der Waals surface area contributed by atoms with Gasteiger partial charge < -0.3 is 4.74 Å². The summed E-state index contributed by atoms with van der Waals surface area (Å²) >= 11 is 0. The van der Waals surface area contributed by atoms with E-state index in [4.69, 9.17) is 4.74 Å². The monoisotopic (exact) mass is 286 g/mol. The molecule has 2 aromatic rings. The second-order valence-corrected chi connectivity index (χ2v) is 6.25. The summed E-state index contributed by atoms with van der Waals surface area (Å²) in [4.78, 5) is 17.2. The third kappa shape index (κ3) is 3.97.